The molecule has 0 saturated carbocycles. The molecule has 0 aliphatic rings. The van der Waals surface area contributed by atoms with E-state index in [1.54, 1.807) is 18.2 Å². The molecule has 0 amide bonds. The summed E-state index contributed by atoms with van der Waals surface area (Å²) in [7, 11) is 0. The van der Waals surface area contributed by atoms with Gasteiger partial charge in [-0.3, -0.25) is 0 Å². The SMILES string of the molecule is Cc1ccc(F)c(Oc2cc(CN)cc(C(C)C)n2)c1. The Balaban J connectivity index is 2.37. The molecule has 4 heteroatoms. The molecular weight excluding hydrogens is 255 g/mol. The van der Waals surface area contributed by atoms with Gasteiger partial charge in [0.1, 0.15) is 0 Å². The van der Waals surface area contributed by atoms with E-state index < -0.39 is 5.82 Å². The zero-order valence-corrected chi connectivity index (χ0v) is 12.0. The Bertz CT molecular complexity index is 611. The van der Waals surface area contributed by atoms with E-state index in [1.165, 1.54) is 6.07 Å². The number of benzene rings is 1. The van der Waals surface area contributed by atoms with Crippen LogP contribution in [0.25, 0.3) is 0 Å². The van der Waals surface area contributed by atoms with E-state index in [2.05, 4.69) is 4.98 Å². The number of rotatable bonds is 4. The first kappa shape index (κ1) is 14.5. The van der Waals surface area contributed by atoms with Crippen molar-refractivity contribution in [1.29, 1.82) is 0 Å². The number of halogens is 1. The molecule has 3 nitrogen and oxygen atoms in total. The predicted molar refractivity (Wildman–Crippen MR) is 77.4 cm³/mol. The highest BCUT2D eigenvalue weighted by atomic mass is 19.1. The summed E-state index contributed by atoms with van der Waals surface area (Å²) in [4.78, 5) is 4.40. The lowest BCUT2D eigenvalue weighted by molar-refractivity contribution is 0.424. The summed E-state index contributed by atoms with van der Waals surface area (Å²) in [6.07, 6.45) is 0. The summed E-state index contributed by atoms with van der Waals surface area (Å²) in [5.74, 6) is 0.412. The molecule has 0 unspecified atom stereocenters. The second-order valence-corrected chi connectivity index (χ2v) is 5.13. The average Bonchev–Trinajstić information content (AvgIpc) is 2.42. The molecule has 2 rings (SSSR count). The van der Waals surface area contributed by atoms with Gasteiger partial charge in [0.15, 0.2) is 11.6 Å². The molecule has 1 aromatic carbocycles. The van der Waals surface area contributed by atoms with Crippen molar-refractivity contribution in [3.8, 4) is 11.6 Å². The fourth-order valence-corrected chi connectivity index (χ4v) is 1.85. The van der Waals surface area contributed by atoms with Crippen LogP contribution < -0.4 is 10.5 Å². The van der Waals surface area contributed by atoms with Crippen LogP contribution in [0.3, 0.4) is 0 Å². The van der Waals surface area contributed by atoms with Crippen LogP contribution in [0, 0.1) is 12.7 Å². The standard InChI is InChI=1S/C16H19FN2O/c1-10(2)14-7-12(9-18)8-16(19-14)20-15-6-11(3)4-5-13(15)17/h4-8,10H,9,18H2,1-3H3. The maximum absolute atomic E-state index is 13.7. The first-order valence-corrected chi connectivity index (χ1v) is 6.64. The fourth-order valence-electron chi connectivity index (χ4n) is 1.85. The lowest BCUT2D eigenvalue weighted by atomic mass is 10.1. The molecule has 1 aromatic heterocycles. The molecule has 2 aromatic rings. The maximum Gasteiger partial charge on any atom is 0.219 e. The van der Waals surface area contributed by atoms with Crippen LogP contribution in [-0.2, 0) is 6.54 Å². The van der Waals surface area contributed by atoms with E-state index in [1.807, 2.05) is 26.8 Å². The second kappa shape index (κ2) is 6.01. The number of aromatic nitrogens is 1. The Morgan fingerprint density at radius 1 is 1.25 bits per heavy atom. The summed E-state index contributed by atoms with van der Waals surface area (Å²) < 4.78 is 19.3. The monoisotopic (exact) mass is 274 g/mol. The van der Waals surface area contributed by atoms with Crippen molar-refractivity contribution in [1.82, 2.24) is 4.98 Å². The zero-order valence-electron chi connectivity index (χ0n) is 12.0. The summed E-state index contributed by atoms with van der Waals surface area (Å²) in [6.45, 7) is 6.36. The lowest BCUT2D eigenvalue weighted by Crippen LogP contribution is -2.03. The quantitative estimate of drug-likeness (QED) is 0.919. The minimum Gasteiger partial charge on any atom is -0.436 e. The first-order chi connectivity index (χ1) is 9.49. The molecule has 106 valence electrons. The van der Waals surface area contributed by atoms with E-state index in [4.69, 9.17) is 10.5 Å². The first-order valence-electron chi connectivity index (χ1n) is 6.64. The van der Waals surface area contributed by atoms with Gasteiger partial charge in [0.05, 0.1) is 0 Å². The summed E-state index contributed by atoms with van der Waals surface area (Å²) in [5, 5.41) is 0. The van der Waals surface area contributed by atoms with Gasteiger partial charge in [-0.1, -0.05) is 19.9 Å². The number of nitrogens with zero attached hydrogens (tertiary/aromatic N) is 1. The van der Waals surface area contributed by atoms with Crippen LogP contribution in [-0.4, -0.2) is 4.98 Å². The zero-order chi connectivity index (χ0) is 14.7. The topological polar surface area (TPSA) is 48.1 Å². The highest BCUT2D eigenvalue weighted by molar-refractivity contribution is 5.34. The smallest absolute Gasteiger partial charge is 0.219 e. The van der Waals surface area contributed by atoms with Crippen molar-refractivity contribution >= 4 is 0 Å². The van der Waals surface area contributed by atoms with Crippen molar-refractivity contribution in [3.63, 3.8) is 0 Å². The Morgan fingerprint density at radius 3 is 2.65 bits per heavy atom. The van der Waals surface area contributed by atoms with E-state index in [0.717, 1.165) is 16.8 Å². The molecule has 0 bridgehead atoms. The van der Waals surface area contributed by atoms with Crippen molar-refractivity contribution < 1.29 is 9.13 Å². The largest absolute Gasteiger partial charge is 0.436 e. The van der Waals surface area contributed by atoms with Gasteiger partial charge < -0.3 is 10.5 Å². The van der Waals surface area contributed by atoms with E-state index in [-0.39, 0.29) is 11.7 Å². The highest BCUT2D eigenvalue weighted by Gasteiger charge is 2.10. The number of hydrogen-bond acceptors (Lipinski definition) is 3. The Hall–Kier alpha value is -1.94. The lowest BCUT2D eigenvalue weighted by Gasteiger charge is -2.12. The molecule has 0 spiro atoms. The third kappa shape index (κ3) is 3.33. The predicted octanol–water partition coefficient (Wildman–Crippen LogP) is 3.90. The molecule has 0 aliphatic heterocycles. The minimum absolute atomic E-state index is 0.182. The van der Waals surface area contributed by atoms with Gasteiger partial charge >= 0.3 is 0 Å². The van der Waals surface area contributed by atoms with E-state index in [0.29, 0.717) is 12.4 Å². The van der Waals surface area contributed by atoms with Gasteiger partial charge in [0.25, 0.3) is 0 Å². The Labute approximate surface area is 118 Å². The van der Waals surface area contributed by atoms with Crippen molar-refractivity contribution in [3.05, 3.63) is 53.0 Å². The van der Waals surface area contributed by atoms with E-state index in [9.17, 15) is 4.39 Å². The van der Waals surface area contributed by atoms with Gasteiger partial charge in [-0.15, -0.1) is 0 Å². The van der Waals surface area contributed by atoms with Gasteiger partial charge in [-0.25, -0.2) is 9.37 Å². The van der Waals surface area contributed by atoms with Crippen LogP contribution in [0.1, 0.15) is 36.6 Å². The van der Waals surface area contributed by atoms with Crippen molar-refractivity contribution in [2.24, 2.45) is 5.73 Å². The number of ether oxygens (including phenoxy) is 1. The third-order valence-electron chi connectivity index (χ3n) is 3.01. The van der Waals surface area contributed by atoms with Gasteiger partial charge in [0.2, 0.25) is 5.88 Å². The third-order valence-corrected chi connectivity index (χ3v) is 3.01. The van der Waals surface area contributed by atoms with Crippen LogP contribution in [0.15, 0.2) is 30.3 Å². The van der Waals surface area contributed by atoms with Crippen LogP contribution in [0.5, 0.6) is 11.6 Å². The Kier molecular flexibility index (Phi) is 4.35. The molecule has 20 heavy (non-hydrogen) atoms. The molecule has 0 fully saturated rings. The van der Waals surface area contributed by atoms with Gasteiger partial charge in [0, 0.05) is 18.3 Å². The maximum atomic E-state index is 13.7. The van der Waals surface area contributed by atoms with Crippen LogP contribution in [0.4, 0.5) is 4.39 Å². The number of pyridine rings is 1. The van der Waals surface area contributed by atoms with Crippen molar-refractivity contribution in [2.75, 3.05) is 0 Å². The molecule has 0 radical (unpaired) electrons. The highest BCUT2D eigenvalue weighted by Crippen LogP contribution is 2.26. The molecule has 2 N–H and O–H groups in total. The normalized spacial score (nSPS) is 10.9. The number of nitrogens with two attached hydrogens (primary N) is 1. The fraction of sp³-hybridized carbons (Fsp3) is 0.312. The molecule has 0 aliphatic carbocycles. The summed E-state index contributed by atoms with van der Waals surface area (Å²) in [6, 6.07) is 8.44. The Morgan fingerprint density at radius 2 is 2.00 bits per heavy atom. The van der Waals surface area contributed by atoms with Crippen LogP contribution in [0.2, 0.25) is 0 Å². The van der Waals surface area contributed by atoms with Gasteiger partial charge in [-0.2, -0.15) is 0 Å². The molecule has 1 heterocycles. The van der Waals surface area contributed by atoms with Crippen molar-refractivity contribution in [2.45, 2.75) is 33.2 Å². The summed E-state index contributed by atoms with van der Waals surface area (Å²) >= 11 is 0. The van der Waals surface area contributed by atoms with Crippen LogP contribution >= 0.6 is 0 Å². The second-order valence-electron chi connectivity index (χ2n) is 5.13. The van der Waals surface area contributed by atoms with Gasteiger partial charge in [-0.05, 0) is 42.2 Å². The molecular formula is C16H19FN2O. The average molecular weight is 274 g/mol. The molecule has 0 atom stereocenters. The minimum atomic E-state index is -0.401. The number of hydrogen-bond donors (Lipinski definition) is 1. The summed E-state index contributed by atoms with van der Waals surface area (Å²) in [5.41, 5.74) is 8.42. The molecule has 0 saturated heterocycles. The number of aryl methyl sites for hydroxylation is 1. The van der Waals surface area contributed by atoms with E-state index >= 15 is 0 Å².